The predicted octanol–water partition coefficient (Wildman–Crippen LogP) is 1.49. The first kappa shape index (κ1) is 10.5. The first-order valence-corrected chi connectivity index (χ1v) is 4.20. The average molecular weight is 197 g/mol. The van der Waals surface area contributed by atoms with E-state index >= 15 is 0 Å². The largest absolute Gasteiger partial charge is 0.468 e. The second-order valence-corrected chi connectivity index (χ2v) is 2.67. The van der Waals surface area contributed by atoms with E-state index in [4.69, 9.17) is 9.84 Å². The normalized spacial score (nSPS) is 9.86. The zero-order valence-corrected chi connectivity index (χ0v) is 7.77. The van der Waals surface area contributed by atoms with Gasteiger partial charge in [0.2, 0.25) is 0 Å². The van der Waals surface area contributed by atoms with E-state index in [0.717, 1.165) is 0 Å². The molecular weight excluding hydrogens is 186 g/mol. The molecule has 5 nitrogen and oxygen atoms in total. The van der Waals surface area contributed by atoms with Gasteiger partial charge in [0.15, 0.2) is 6.79 Å². The lowest BCUT2D eigenvalue weighted by Crippen LogP contribution is -1.98. The van der Waals surface area contributed by atoms with Crippen molar-refractivity contribution in [1.82, 2.24) is 0 Å². The van der Waals surface area contributed by atoms with Gasteiger partial charge in [-0.3, -0.25) is 10.1 Å². The molecule has 0 heterocycles. The first-order chi connectivity index (χ1) is 6.69. The zero-order valence-electron chi connectivity index (χ0n) is 7.77. The van der Waals surface area contributed by atoms with Crippen molar-refractivity contribution in [1.29, 1.82) is 0 Å². The monoisotopic (exact) mass is 197 g/mol. The van der Waals surface area contributed by atoms with E-state index in [1.165, 1.54) is 6.07 Å². The Balaban J connectivity index is 3.07. The van der Waals surface area contributed by atoms with Crippen LogP contribution in [-0.4, -0.2) is 16.8 Å². The van der Waals surface area contributed by atoms with Gasteiger partial charge in [0.05, 0.1) is 11.0 Å². The van der Waals surface area contributed by atoms with Crippen molar-refractivity contribution in [2.75, 3.05) is 6.79 Å². The Hall–Kier alpha value is -1.62. The molecule has 0 saturated heterocycles. The van der Waals surface area contributed by atoms with E-state index in [-0.39, 0.29) is 5.69 Å². The number of nitrogens with zero attached hydrogens (tertiary/aromatic N) is 1. The Labute approximate surface area is 81.1 Å². The van der Waals surface area contributed by atoms with Crippen molar-refractivity contribution in [3.8, 4) is 5.75 Å². The fourth-order valence-electron chi connectivity index (χ4n) is 1.18. The van der Waals surface area contributed by atoms with Gasteiger partial charge < -0.3 is 9.84 Å². The second-order valence-electron chi connectivity index (χ2n) is 2.67. The Bertz CT molecular complexity index is 338. The first-order valence-electron chi connectivity index (χ1n) is 4.20. The van der Waals surface area contributed by atoms with Crippen molar-refractivity contribution >= 4 is 5.69 Å². The number of ether oxygens (including phenoxy) is 1. The molecule has 0 amide bonds. The molecule has 5 heteroatoms. The summed E-state index contributed by atoms with van der Waals surface area (Å²) in [6.07, 6.45) is 0.593. The number of hydrogen-bond donors (Lipinski definition) is 1. The van der Waals surface area contributed by atoms with Gasteiger partial charge in [-0.1, -0.05) is 6.92 Å². The summed E-state index contributed by atoms with van der Waals surface area (Å²) in [7, 11) is 0. The van der Waals surface area contributed by atoms with Crippen molar-refractivity contribution in [3.63, 3.8) is 0 Å². The van der Waals surface area contributed by atoms with Crippen LogP contribution in [0.15, 0.2) is 18.2 Å². The molecule has 0 aliphatic rings. The maximum atomic E-state index is 10.6. The molecule has 76 valence electrons. The fourth-order valence-corrected chi connectivity index (χ4v) is 1.18. The number of aryl methyl sites for hydroxylation is 1. The molecule has 0 unspecified atom stereocenters. The summed E-state index contributed by atoms with van der Waals surface area (Å²) in [5.74, 6) is 0.302. The van der Waals surface area contributed by atoms with Crippen molar-refractivity contribution in [3.05, 3.63) is 33.9 Å². The maximum Gasteiger partial charge on any atom is 0.276 e. The summed E-state index contributed by atoms with van der Waals surface area (Å²) in [5.41, 5.74) is 0.679. The lowest BCUT2D eigenvalue weighted by molar-refractivity contribution is -0.385. The minimum absolute atomic E-state index is 0.0263. The third-order valence-electron chi connectivity index (χ3n) is 1.87. The predicted molar refractivity (Wildman–Crippen MR) is 50.2 cm³/mol. The molecule has 0 bridgehead atoms. The molecule has 0 atom stereocenters. The Kier molecular flexibility index (Phi) is 3.41. The summed E-state index contributed by atoms with van der Waals surface area (Å²) < 4.78 is 4.75. The van der Waals surface area contributed by atoms with Crippen LogP contribution in [0.1, 0.15) is 12.5 Å². The minimum atomic E-state index is -0.484. The molecule has 0 aromatic heterocycles. The van der Waals surface area contributed by atoms with Gasteiger partial charge >= 0.3 is 0 Å². The van der Waals surface area contributed by atoms with Crippen LogP contribution in [0.3, 0.4) is 0 Å². The molecule has 0 radical (unpaired) electrons. The smallest absolute Gasteiger partial charge is 0.276 e. The van der Waals surface area contributed by atoms with Gasteiger partial charge in [-0.05, 0) is 18.6 Å². The molecule has 1 aromatic rings. The van der Waals surface area contributed by atoms with Crippen LogP contribution >= 0.6 is 0 Å². The lowest BCUT2D eigenvalue weighted by Gasteiger charge is -2.04. The number of nitro groups is 1. The van der Waals surface area contributed by atoms with Crippen molar-refractivity contribution in [2.45, 2.75) is 13.3 Å². The SMILES string of the molecule is CCc1ccc(OCO)cc1[N+](=O)[O-]. The van der Waals surface area contributed by atoms with Gasteiger partial charge in [0.25, 0.3) is 5.69 Å². The lowest BCUT2D eigenvalue weighted by atomic mass is 10.1. The van der Waals surface area contributed by atoms with Gasteiger partial charge in [-0.2, -0.15) is 0 Å². The molecule has 1 rings (SSSR count). The number of nitro benzene ring substituents is 1. The highest BCUT2D eigenvalue weighted by molar-refractivity contribution is 5.45. The van der Waals surface area contributed by atoms with E-state index < -0.39 is 11.7 Å². The highest BCUT2D eigenvalue weighted by atomic mass is 16.6. The summed E-state index contributed by atoms with van der Waals surface area (Å²) in [6, 6.07) is 4.54. The van der Waals surface area contributed by atoms with Gasteiger partial charge in [0, 0.05) is 5.56 Å². The van der Waals surface area contributed by atoms with Crippen LogP contribution in [0.2, 0.25) is 0 Å². The van der Waals surface area contributed by atoms with E-state index in [1.807, 2.05) is 6.92 Å². The Morgan fingerprint density at radius 3 is 2.79 bits per heavy atom. The molecule has 0 aliphatic carbocycles. The molecule has 0 spiro atoms. The molecule has 0 fully saturated rings. The number of benzene rings is 1. The van der Waals surface area contributed by atoms with Crippen LogP contribution < -0.4 is 4.74 Å². The number of aliphatic hydroxyl groups excluding tert-OH is 1. The average Bonchev–Trinajstić information content (AvgIpc) is 2.18. The maximum absolute atomic E-state index is 10.6. The highest BCUT2D eigenvalue weighted by Gasteiger charge is 2.13. The standard InChI is InChI=1S/C9H11NO4/c1-2-7-3-4-8(14-6-11)5-9(7)10(12)13/h3-5,11H,2,6H2,1H3. The van der Waals surface area contributed by atoms with Gasteiger partial charge in [0.1, 0.15) is 5.75 Å². The third kappa shape index (κ3) is 2.20. The topological polar surface area (TPSA) is 72.6 Å². The summed E-state index contributed by atoms with van der Waals surface area (Å²) >= 11 is 0. The van der Waals surface area contributed by atoms with Crippen LogP contribution in [0, 0.1) is 10.1 Å². The summed E-state index contributed by atoms with van der Waals surface area (Å²) in [6.45, 7) is 1.36. The Morgan fingerprint density at radius 2 is 2.29 bits per heavy atom. The summed E-state index contributed by atoms with van der Waals surface area (Å²) in [5, 5.41) is 19.1. The molecule has 0 saturated carbocycles. The van der Waals surface area contributed by atoms with E-state index in [0.29, 0.717) is 17.7 Å². The second kappa shape index (κ2) is 4.57. The highest BCUT2D eigenvalue weighted by Crippen LogP contribution is 2.24. The molecular formula is C9H11NO4. The quantitative estimate of drug-likeness (QED) is 0.451. The van der Waals surface area contributed by atoms with E-state index in [1.54, 1.807) is 12.1 Å². The zero-order chi connectivity index (χ0) is 10.6. The molecule has 14 heavy (non-hydrogen) atoms. The molecule has 1 aromatic carbocycles. The summed E-state index contributed by atoms with van der Waals surface area (Å²) in [4.78, 5) is 10.2. The number of rotatable bonds is 4. The molecule has 1 N–H and O–H groups in total. The van der Waals surface area contributed by atoms with Gasteiger partial charge in [-0.25, -0.2) is 0 Å². The van der Waals surface area contributed by atoms with Crippen molar-refractivity contribution in [2.24, 2.45) is 0 Å². The minimum Gasteiger partial charge on any atom is -0.468 e. The van der Waals surface area contributed by atoms with Gasteiger partial charge in [-0.15, -0.1) is 0 Å². The van der Waals surface area contributed by atoms with Crippen LogP contribution in [0.25, 0.3) is 0 Å². The number of hydrogen-bond acceptors (Lipinski definition) is 4. The number of aliphatic hydroxyl groups is 1. The molecule has 0 aliphatic heterocycles. The fraction of sp³-hybridized carbons (Fsp3) is 0.333. The van der Waals surface area contributed by atoms with E-state index in [9.17, 15) is 10.1 Å². The van der Waals surface area contributed by atoms with Crippen molar-refractivity contribution < 1.29 is 14.8 Å². The Morgan fingerprint density at radius 1 is 1.57 bits per heavy atom. The van der Waals surface area contributed by atoms with Crippen LogP contribution in [0.5, 0.6) is 5.75 Å². The van der Waals surface area contributed by atoms with Crippen LogP contribution in [0.4, 0.5) is 5.69 Å². The van der Waals surface area contributed by atoms with Crippen LogP contribution in [-0.2, 0) is 6.42 Å². The third-order valence-corrected chi connectivity index (χ3v) is 1.87. The van der Waals surface area contributed by atoms with E-state index in [2.05, 4.69) is 0 Å².